The van der Waals surface area contributed by atoms with E-state index < -0.39 is 0 Å². The summed E-state index contributed by atoms with van der Waals surface area (Å²) in [6.45, 7) is 6.07. The Balaban J connectivity index is 2.07. The Morgan fingerprint density at radius 1 is 0.828 bits per heavy atom. The van der Waals surface area contributed by atoms with E-state index in [1.165, 1.54) is 33.4 Å². The first-order chi connectivity index (χ1) is 14.2. The van der Waals surface area contributed by atoms with Crippen molar-refractivity contribution in [1.82, 2.24) is 0 Å². The number of rotatable bonds is 11. The average molecular weight is 397 g/mol. The molecule has 0 heterocycles. The molecule has 0 atom stereocenters. The van der Waals surface area contributed by atoms with E-state index in [0.29, 0.717) is 26.4 Å². The number of allylic oxidation sites excluding steroid dienone is 1. The molecule has 0 aromatic heterocycles. The fourth-order valence-corrected chi connectivity index (χ4v) is 4.41. The van der Waals surface area contributed by atoms with Crippen LogP contribution in [0.25, 0.3) is 17.2 Å². The van der Waals surface area contributed by atoms with E-state index in [0.717, 1.165) is 12.8 Å². The number of aliphatic hydroxyl groups is 2. The van der Waals surface area contributed by atoms with Crippen molar-refractivity contribution in [1.29, 1.82) is 0 Å². The molecule has 156 valence electrons. The van der Waals surface area contributed by atoms with Gasteiger partial charge in [-0.2, -0.15) is 0 Å². The lowest BCUT2D eigenvalue weighted by atomic mass is 9.72. The fraction of sp³-hybridized carbons (Fsp3) is 0.440. The van der Waals surface area contributed by atoms with Gasteiger partial charge in [-0.15, -0.1) is 0 Å². The minimum absolute atomic E-state index is 0.0321. The summed E-state index contributed by atoms with van der Waals surface area (Å²) in [5.41, 5.74) is 7.41. The third-order valence-electron chi connectivity index (χ3n) is 5.72. The summed E-state index contributed by atoms with van der Waals surface area (Å²) in [5.74, 6) is 0. The quantitative estimate of drug-likeness (QED) is 0.562. The van der Waals surface area contributed by atoms with Gasteiger partial charge in [0.25, 0.3) is 0 Å². The largest absolute Gasteiger partial charge is 0.394 e. The predicted molar refractivity (Wildman–Crippen MR) is 117 cm³/mol. The predicted octanol–water partition coefficient (Wildman–Crippen LogP) is 4.09. The third-order valence-corrected chi connectivity index (χ3v) is 5.72. The van der Waals surface area contributed by atoms with E-state index in [4.69, 9.17) is 19.7 Å². The van der Waals surface area contributed by atoms with Crippen molar-refractivity contribution in [2.24, 2.45) is 0 Å². The lowest BCUT2D eigenvalue weighted by molar-refractivity contribution is 0.0646. The third kappa shape index (κ3) is 4.62. The Morgan fingerprint density at radius 3 is 2.00 bits per heavy atom. The van der Waals surface area contributed by atoms with Crippen LogP contribution in [0.15, 0.2) is 42.5 Å². The molecule has 2 N–H and O–H groups in total. The molecule has 0 unspecified atom stereocenters. The molecule has 0 saturated heterocycles. The summed E-state index contributed by atoms with van der Waals surface area (Å²) in [6.07, 6.45) is 5.82. The van der Waals surface area contributed by atoms with Crippen LogP contribution < -0.4 is 0 Å². The van der Waals surface area contributed by atoms with E-state index in [9.17, 15) is 0 Å². The van der Waals surface area contributed by atoms with Crippen LogP contribution in [-0.4, -0.2) is 49.9 Å². The lowest BCUT2D eigenvalue weighted by Gasteiger charge is -2.33. The van der Waals surface area contributed by atoms with Gasteiger partial charge in [-0.1, -0.05) is 54.1 Å². The molecule has 0 spiro atoms. The maximum atomic E-state index is 9.09. The lowest BCUT2D eigenvalue weighted by Crippen LogP contribution is -2.29. The Morgan fingerprint density at radius 2 is 1.41 bits per heavy atom. The molecule has 0 fully saturated rings. The molecule has 29 heavy (non-hydrogen) atoms. The van der Waals surface area contributed by atoms with E-state index in [1.807, 2.05) is 6.92 Å². The van der Waals surface area contributed by atoms with E-state index in [-0.39, 0.29) is 18.6 Å². The highest BCUT2D eigenvalue weighted by atomic mass is 16.5. The molecule has 1 aliphatic rings. The van der Waals surface area contributed by atoms with Crippen molar-refractivity contribution >= 4 is 6.08 Å². The van der Waals surface area contributed by atoms with Gasteiger partial charge in [-0.05, 0) is 54.5 Å². The van der Waals surface area contributed by atoms with Crippen LogP contribution in [0.1, 0.15) is 42.0 Å². The minimum Gasteiger partial charge on any atom is -0.394 e. The van der Waals surface area contributed by atoms with Gasteiger partial charge in [-0.25, -0.2) is 0 Å². The highest BCUT2D eigenvalue weighted by Crippen LogP contribution is 2.53. The monoisotopic (exact) mass is 396 g/mol. The summed E-state index contributed by atoms with van der Waals surface area (Å²) in [4.78, 5) is 0. The van der Waals surface area contributed by atoms with Crippen LogP contribution in [0.3, 0.4) is 0 Å². The van der Waals surface area contributed by atoms with Crippen molar-refractivity contribution in [3.05, 3.63) is 64.7 Å². The summed E-state index contributed by atoms with van der Waals surface area (Å²) >= 11 is 0. The standard InChI is InChI=1S/C25H32O4/c1-3-4-20-6-8-22-21-7-5-19(2)17-23(21)25(24(22)18-20,9-13-28-15-11-26)10-14-29-16-12-27/h3-8,17-18,26-27H,9-16H2,1-2H3/b4-3+. The summed E-state index contributed by atoms with van der Waals surface area (Å²) in [6, 6.07) is 13.4. The van der Waals surface area contributed by atoms with Gasteiger partial charge in [0.15, 0.2) is 0 Å². The molecule has 3 rings (SSSR count). The molecular weight excluding hydrogens is 364 g/mol. The summed E-state index contributed by atoms with van der Waals surface area (Å²) in [5, 5.41) is 18.2. The smallest absolute Gasteiger partial charge is 0.0697 e. The molecular formula is C25H32O4. The number of fused-ring (bicyclic) bond motifs is 3. The molecule has 0 radical (unpaired) electrons. The highest BCUT2D eigenvalue weighted by Gasteiger charge is 2.42. The van der Waals surface area contributed by atoms with Crippen LogP contribution in [0.4, 0.5) is 0 Å². The van der Waals surface area contributed by atoms with Crippen molar-refractivity contribution in [2.45, 2.75) is 32.1 Å². The normalized spacial score (nSPS) is 14.3. The Kier molecular flexibility index (Phi) is 7.62. The molecule has 0 amide bonds. The number of aryl methyl sites for hydroxylation is 1. The van der Waals surface area contributed by atoms with Crippen molar-refractivity contribution in [2.75, 3.05) is 39.6 Å². The second-order valence-corrected chi connectivity index (χ2v) is 7.61. The molecule has 4 heteroatoms. The van der Waals surface area contributed by atoms with E-state index in [2.05, 4.69) is 55.5 Å². The van der Waals surface area contributed by atoms with Gasteiger partial charge in [0.2, 0.25) is 0 Å². The zero-order valence-corrected chi connectivity index (χ0v) is 17.5. The van der Waals surface area contributed by atoms with Crippen molar-refractivity contribution in [3.8, 4) is 11.1 Å². The first-order valence-electron chi connectivity index (χ1n) is 10.4. The van der Waals surface area contributed by atoms with Gasteiger partial charge in [0.05, 0.1) is 26.4 Å². The average Bonchev–Trinajstić information content (AvgIpc) is 2.98. The second-order valence-electron chi connectivity index (χ2n) is 7.61. The number of hydrogen-bond acceptors (Lipinski definition) is 4. The molecule has 0 aliphatic heterocycles. The number of ether oxygens (including phenoxy) is 2. The van der Waals surface area contributed by atoms with Crippen LogP contribution in [0.2, 0.25) is 0 Å². The number of benzene rings is 2. The number of aliphatic hydroxyl groups excluding tert-OH is 2. The molecule has 4 nitrogen and oxygen atoms in total. The summed E-state index contributed by atoms with van der Waals surface area (Å²) in [7, 11) is 0. The maximum absolute atomic E-state index is 9.09. The summed E-state index contributed by atoms with van der Waals surface area (Å²) < 4.78 is 11.4. The molecule has 2 aromatic carbocycles. The van der Waals surface area contributed by atoms with Gasteiger partial charge >= 0.3 is 0 Å². The van der Waals surface area contributed by atoms with Crippen LogP contribution in [0, 0.1) is 6.92 Å². The maximum Gasteiger partial charge on any atom is 0.0697 e. The van der Waals surface area contributed by atoms with Crippen LogP contribution in [0.5, 0.6) is 0 Å². The molecule has 0 bridgehead atoms. The molecule has 2 aromatic rings. The Labute approximate surface area is 173 Å². The van der Waals surface area contributed by atoms with Gasteiger partial charge < -0.3 is 19.7 Å². The van der Waals surface area contributed by atoms with Gasteiger partial charge in [0.1, 0.15) is 0 Å². The zero-order valence-electron chi connectivity index (χ0n) is 17.5. The van der Waals surface area contributed by atoms with Gasteiger partial charge in [-0.3, -0.25) is 0 Å². The topological polar surface area (TPSA) is 58.9 Å². The first-order valence-corrected chi connectivity index (χ1v) is 10.4. The Bertz CT molecular complexity index is 829. The van der Waals surface area contributed by atoms with E-state index in [1.54, 1.807) is 0 Å². The molecule has 1 aliphatic carbocycles. The Hall–Kier alpha value is -1.98. The number of hydrogen-bond donors (Lipinski definition) is 2. The first kappa shape index (κ1) is 21.7. The highest BCUT2D eigenvalue weighted by molar-refractivity contribution is 5.82. The van der Waals surface area contributed by atoms with Crippen LogP contribution >= 0.6 is 0 Å². The van der Waals surface area contributed by atoms with Crippen molar-refractivity contribution in [3.63, 3.8) is 0 Å². The molecule has 0 saturated carbocycles. The SMILES string of the molecule is C/C=C/c1ccc2c(c1)C(CCOCCO)(CCOCCO)c1cc(C)ccc1-2. The second kappa shape index (κ2) is 10.2. The zero-order chi connectivity index (χ0) is 20.7. The fourth-order valence-electron chi connectivity index (χ4n) is 4.41. The van der Waals surface area contributed by atoms with Gasteiger partial charge in [0, 0.05) is 18.6 Å². The minimum atomic E-state index is -0.209. The van der Waals surface area contributed by atoms with Crippen LogP contribution in [-0.2, 0) is 14.9 Å². The van der Waals surface area contributed by atoms with Crippen molar-refractivity contribution < 1.29 is 19.7 Å². The van der Waals surface area contributed by atoms with E-state index >= 15 is 0 Å².